The Bertz CT molecular complexity index is 231. The minimum Gasteiger partial charge on any atom is -0.329 e. The first-order valence-electron chi connectivity index (χ1n) is 8.56. The lowest BCUT2D eigenvalue weighted by atomic mass is 9.74. The maximum Gasteiger partial charge on any atom is 0.0332 e. The third kappa shape index (κ3) is 4.46. The molecule has 1 rings (SSSR count). The molecule has 19 heavy (non-hydrogen) atoms. The minimum atomic E-state index is 0.311. The van der Waals surface area contributed by atoms with Crippen molar-refractivity contribution in [1.82, 2.24) is 4.90 Å². The van der Waals surface area contributed by atoms with Crippen molar-refractivity contribution in [2.24, 2.45) is 17.6 Å². The molecule has 0 aromatic heterocycles. The summed E-state index contributed by atoms with van der Waals surface area (Å²) in [6, 6.07) is 0. The molecule has 1 saturated carbocycles. The summed E-state index contributed by atoms with van der Waals surface area (Å²) in [6.45, 7) is 12.6. The zero-order valence-electron chi connectivity index (χ0n) is 13.8. The van der Waals surface area contributed by atoms with Gasteiger partial charge in [-0.05, 0) is 50.5 Å². The Morgan fingerprint density at radius 2 is 1.84 bits per heavy atom. The average Bonchev–Trinajstić information content (AvgIpc) is 2.46. The van der Waals surface area contributed by atoms with Gasteiger partial charge >= 0.3 is 0 Å². The van der Waals surface area contributed by atoms with Crippen LogP contribution in [0.25, 0.3) is 0 Å². The summed E-state index contributed by atoms with van der Waals surface area (Å²) in [5, 5.41) is 0. The molecule has 0 aliphatic heterocycles. The van der Waals surface area contributed by atoms with E-state index < -0.39 is 0 Å². The van der Waals surface area contributed by atoms with Crippen molar-refractivity contribution >= 4 is 0 Å². The molecule has 2 nitrogen and oxygen atoms in total. The Hall–Kier alpha value is -0.0800. The van der Waals surface area contributed by atoms with Gasteiger partial charge in [0, 0.05) is 18.6 Å². The molecule has 0 saturated heterocycles. The van der Waals surface area contributed by atoms with Gasteiger partial charge in [0.1, 0.15) is 0 Å². The first kappa shape index (κ1) is 17.0. The van der Waals surface area contributed by atoms with Gasteiger partial charge in [0.05, 0.1) is 0 Å². The second-order valence-corrected chi connectivity index (χ2v) is 6.74. The van der Waals surface area contributed by atoms with Gasteiger partial charge in [-0.3, -0.25) is 4.90 Å². The third-order valence-electron chi connectivity index (χ3n) is 5.39. The maximum atomic E-state index is 6.23. The Labute approximate surface area is 121 Å². The number of nitrogens with zero attached hydrogens (tertiary/aromatic N) is 1. The van der Waals surface area contributed by atoms with E-state index in [-0.39, 0.29) is 0 Å². The first-order valence-corrected chi connectivity index (χ1v) is 8.56. The van der Waals surface area contributed by atoms with E-state index in [0.29, 0.717) is 5.54 Å². The SMILES string of the molecule is CCCN(CC(C)CC)C1(CN)CCC(CC)CC1. The van der Waals surface area contributed by atoms with Gasteiger partial charge in [0.25, 0.3) is 0 Å². The summed E-state index contributed by atoms with van der Waals surface area (Å²) < 4.78 is 0. The zero-order chi connectivity index (χ0) is 14.3. The van der Waals surface area contributed by atoms with Gasteiger partial charge in [-0.1, -0.05) is 40.5 Å². The second kappa shape index (κ2) is 8.26. The second-order valence-electron chi connectivity index (χ2n) is 6.74. The number of hydrogen-bond donors (Lipinski definition) is 1. The van der Waals surface area contributed by atoms with E-state index in [1.165, 1.54) is 58.0 Å². The molecule has 1 atom stereocenters. The van der Waals surface area contributed by atoms with E-state index in [4.69, 9.17) is 5.73 Å². The van der Waals surface area contributed by atoms with Gasteiger partial charge < -0.3 is 5.73 Å². The van der Waals surface area contributed by atoms with Gasteiger partial charge in [-0.2, -0.15) is 0 Å². The highest BCUT2D eigenvalue weighted by molar-refractivity contribution is 4.96. The maximum absolute atomic E-state index is 6.23. The van der Waals surface area contributed by atoms with Crippen LogP contribution < -0.4 is 5.73 Å². The summed E-state index contributed by atoms with van der Waals surface area (Å²) in [6.07, 6.45) is 9.27. The molecule has 0 amide bonds. The molecular weight excluding hydrogens is 232 g/mol. The van der Waals surface area contributed by atoms with E-state index in [1.807, 2.05) is 0 Å². The van der Waals surface area contributed by atoms with Crippen LogP contribution in [0.3, 0.4) is 0 Å². The number of hydrogen-bond acceptors (Lipinski definition) is 2. The van der Waals surface area contributed by atoms with E-state index in [9.17, 15) is 0 Å². The Kier molecular flexibility index (Phi) is 7.38. The minimum absolute atomic E-state index is 0.311. The smallest absolute Gasteiger partial charge is 0.0332 e. The van der Waals surface area contributed by atoms with E-state index in [1.54, 1.807) is 0 Å². The lowest BCUT2D eigenvalue weighted by Gasteiger charge is -2.48. The molecule has 2 N–H and O–H groups in total. The number of nitrogens with two attached hydrogens (primary N) is 1. The zero-order valence-corrected chi connectivity index (χ0v) is 13.8. The van der Waals surface area contributed by atoms with Crippen molar-refractivity contribution in [3.8, 4) is 0 Å². The molecule has 1 unspecified atom stereocenters. The summed E-state index contributed by atoms with van der Waals surface area (Å²) in [5.41, 5.74) is 6.54. The average molecular weight is 268 g/mol. The highest BCUT2D eigenvalue weighted by Gasteiger charge is 2.38. The van der Waals surface area contributed by atoms with Gasteiger partial charge in [-0.15, -0.1) is 0 Å². The molecule has 0 bridgehead atoms. The highest BCUT2D eigenvalue weighted by atomic mass is 15.2. The first-order chi connectivity index (χ1) is 9.11. The van der Waals surface area contributed by atoms with Crippen LogP contribution in [0.2, 0.25) is 0 Å². The van der Waals surface area contributed by atoms with Crippen LogP contribution in [0, 0.1) is 11.8 Å². The molecule has 0 heterocycles. The predicted octanol–water partition coefficient (Wildman–Crippen LogP) is 4.04. The van der Waals surface area contributed by atoms with E-state index >= 15 is 0 Å². The third-order valence-corrected chi connectivity index (χ3v) is 5.39. The predicted molar refractivity (Wildman–Crippen MR) is 85.4 cm³/mol. The largest absolute Gasteiger partial charge is 0.329 e. The summed E-state index contributed by atoms with van der Waals surface area (Å²) >= 11 is 0. The fourth-order valence-electron chi connectivity index (χ4n) is 3.57. The van der Waals surface area contributed by atoms with Crippen molar-refractivity contribution in [3.63, 3.8) is 0 Å². The van der Waals surface area contributed by atoms with E-state index in [0.717, 1.165) is 18.4 Å². The summed E-state index contributed by atoms with van der Waals surface area (Å²) in [4.78, 5) is 2.74. The molecular formula is C17H36N2. The molecule has 114 valence electrons. The lowest BCUT2D eigenvalue weighted by molar-refractivity contribution is 0.0303. The fraction of sp³-hybridized carbons (Fsp3) is 1.00. The highest BCUT2D eigenvalue weighted by Crippen LogP contribution is 2.37. The van der Waals surface area contributed by atoms with Crippen LogP contribution in [-0.4, -0.2) is 30.1 Å². The Morgan fingerprint density at radius 1 is 1.21 bits per heavy atom. The standard InChI is InChI=1S/C17H36N2/c1-5-12-19(13-15(4)6-2)17(14-18)10-8-16(7-3)9-11-17/h15-16H,5-14,18H2,1-4H3. The van der Waals surface area contributed by atoms with Crippen LogP contribution in [0.5, 0.6) is 0 Å². The monoisotopic (exact) mass is 268 g/mol. The van der Waals surface area contributed by atoms with E-state index in [2.05, 4.69) is 32.6 Å². The molecule has 1 aliphatic carbocycles. The molecule has 0 aromatic rings. The van der Waals surface area contributed by atoms with Crippen molar-refractivity contribution in [1.29, 1.82) is 0 Å². The number of rotatable bonds is 8. The van der Waals surface area contributed by atoms with Crippen LogP contribution in [0.4, 0.5) is 0 Å². The topological polar surface area (TPSA) is 29.3 Å². The van der Waals surface area contributed by atoms with Crippen LogP contribution >= 0.6 is 0 Å². The lowest BCUT2D eigenvalue weighted by Crippen LogP contribution is -2.57. The fourth-order valence-corrected chi connectivity index (χ4v) is 3.57. The van der Waals surface area contributed by atoms with Crippen molar-refractivity contribution < 1.29 is 0 Å². The molecule has 1 aliphatic rings. The molecule has 0 radical (unpaired) electrons. The molecule has 0 aromatic carbocycles. The summed E-state index contributed by atoms with van der Waals surface area (Å²) in [7, 11) is 0. The van der Waals surface area contributed by atoms with Gasteiger partial charge in [-0.25, -0.2) is 0 Å². The van der Waals surface area contributed by atoms with Crippen LogP contribution in [0.1, 0.15) is 72.6 Å². The molecule has 2 heteroatoms. The Morgan fingerprint density at radius 3 is 2.26 bits per heavy atom. The van der Waals surface area contributed by atoms with Crippen molar-refractivity contribution in [2.45, 2.75) is 78.2 Å². The summed E-state index contributed by atoms with van der Waals surface area (Å²) in [5.74, 6) is 1.74. The normalized spacial score (nSPS) is 29.7. The van der Waals surface area contributed by atoms with Crippen molar-refractivity contribution in [2.75, 3.05) is 19.6 Å². The molecule has 0 spiro atoms. The van der Waals surface area contributed by atoms with Crippen LogP contribution in [-0.2, 0) is 0 Å². The van der Waals surface area contributed by atoms with Crippen molar-refractivity contribution in [3.05, 3.63) is 0 Å². The van der Waals surface area contributed by atoms with Gasteiger partial charge in [0.2, 0.25) is 0 Å². The molecule has 1 fully saturated rings. The van der Waals surface area contributed by atoms with Gasteiger partial charge in [0.15, 0.2) is 0 Å². The quantitative estimate of drug-likeness (QED) is 0.720. The van der Waals surface area contributed by atoms with Crippen LogP contribution in [0.15, 0.2) is 0 Å². The Balaban J connectivity index is 2.72.